The van der Waals surface area contributed by atoms with Crippen LogP contribution in [0.2, 0.25) is 0 Å². The highest BCUT2D eigenvalue weighted by atomic mass is 19.3. The third-order valence-corrected chi connectivity index (χ3v) is 1.30. The van der Waals surface area contributed by atoms with E-state index < -0.39 is 29.7 Å². The molecule has 76 valence electrons. The van der Waals surface area contributed by atoms with Gasteiger partial charge in [0.15, 0.2) is 5.82 Å². The van der Waals surface area contributed by atoms with Gasteiger partial charge >= 0.3 is 6.61 Å². The van der Waals surface area contributed by atoms with Crippen LogP contribution in [-0.2, 0) is 0 Å². The SMILES string of the molecule is N=C(N)c1ncc(OC(F)F)cc1F. The van der Waals surface area contributed by atoms with Crippen LogP contribution >= 0.6 is 0 Å². The van der Waals surface area contributed by atoms with Crippen LogP contribution < -0.4 is 10.5 Å². The first-order valence-corrected chi connectivity index (χ1v) is 3.45. The van der Waals surface area contributed by atoms with Gasteiger partial charge in [0.05, 0.1) is 6.20 Å². The number of nitrogens with two attached hydrogens (primary N) is 1. The Morgan fingerprint density at radius 3 is 2.64 bits per heavy atom. The smallest absolute Gasteiger partial charge is 0.387 e. The molecular formula is C7H6F3N3O. The standard InChI is InChI=1S/C7H6F3N3O/c8-4-1-3(14-7(9)10)2-13-5(4)6(11)12/h1-2,7H,(H3,11,12). The van der Waals surface area contributed by atoms with Crippen molar-refractivity contribution in [3.63, 3.8) is 0 Å². The van der Waals surface area contributed by atoms with Crippen LogP contribution in [0.1, 0.15) is 5.69 Å². The maximum Gasteiger partial charge on any atom is 0.387 e. The Hall–Kier alpha value is -1.79. The van der Waals surface area contributed by atoms with E-state index in [2.05, 4.69) is 9.72 Å². The number of hydrogen-bond donors (Lipinski definition) is 2. The zero-order chi connectivity index (χ0) is 10.7. The number of nitrogen functional groups attached to an aromatic ring is 1. The molecule has 0 aliphatic carbocycles. The number of halogens is 3. The molecule has 0 saturated carbocycles. The topological polar surface area (TPSA) is 72.0 Å². The summed E-state index contributed by atoms with van der Waals surface area (Å²) >= 11 is 0. The molecule has 4 nitrogen and oxygen atoms in total. The first kappa shape index (κ1) is 10.3. The number of pyridine rings is 1. The predicted octanol–water partition coefficient (Wildman–Crippen LogP) is 1.11. The van der Waals surface area contributed by atoms with Crippen LogP contribution in [0.15, 0.2) is 12.3 Å². The molecule has 3 N–H and O–H groups in total. The molecule has 0 fully saturated rings. The second-order valence-electron chi connectivity index (χ2n) is 2.29. The fraction of sp³-hybridized carbons (Fsp3) is 0.143. The van der Waals surface area contributed by atoms with Crippen LogP contribution in [-0.4, -0.2) is 17.4 Å². The molecule has 1 aromatic rings. The molecule has 0 spiro atoms. The van der Waals surface area contributed by atoms with Crippen molar-refractivity contribution in [2.75, 3.05) is 0 Å². The largest absolute Gasteiger partial charge is 0.433 e. The molecule has 1 rings (SSSR count). The fourth-order valence-electron chi connectivity index (χ4n) is 0.786. The zero-order valence-corrected chi connectivity index (χ0v) is 6.80. The fourth-order valence-corrected chi connectivity index (χ4v) is 0.786. The number of aromatic nitrogens is 1. The van der Waals surface area contributed by atoms with Crippen molar-refractivity contribution in [1.29, 1.82) is 5.41 Å². The first-order valence-electron chi connectivity index (χ1n) is 3.45. The highest BCUT2D eigenvalue weighted by Crippen LogP contribution is 2.15. The Bertz CT molecular complexity index is 356. The molecular weight excluding hydrogens is 199 g/mol. The highest BCUT2D eigenvalue weighted by Gasteiger charge is 2.11. The van der Waals surface area contributed by atoms with Crippen molar-refractivity contribution in [2.24, 2.45) is 5.73 Å². The quantitative estimate of drug-likeness (QED) is 0.573. The van der Waals surface area contributed by atoms with Gasteiger partial charge in [0.25, 0.3) is 0 Å². The molecule has 1 heterocycles. The monoisotopic (exact) mass is 205 g/mol. The molecule has 0 amide bonds. The molecule has 0 aliphatic heterocycles. The van der Waals surface area contributed by atoms with E-state index in [-0.39, 0.29) is 0 Å². The van der Waals surface area contributed by atoms with Gasteiger partial charge in [-0.05, 0) is 0 Å². The summed E-state index contributed by atoms with van der Waals surface area (Å²) in [6.45, 7) is -3.04. The lowest BCUT2D eigenvalue weighted by atomic mass is 10.3. The van der Waals surface area contributed by atoms with Crippen LogP contribution in [0, 0.1) is 11.2 Å². The lowest BCUT2D eigenvalue weighted by molar-refractivity contribution is -0.0502. The number of ether oxygens (including phenoxy) is 1. The molecule has 0 atom stereocenters. The summed E-state index contributed by atoms with van der Waals surface area (Å²) in [7, 11) is 0. The summed E-state index contributed by atoms with van der Waals surface area (Å²) in [5, 5.41) is 6.87. The van der Waals surface area contributed by atoms with Crippen LogP contribution in [0.4, 0.5) is 13.2 Å². The number of nitrogens with zero attached hydrogens (tertiary/aromatic N) is 1. The second kappa shape index (κ2) is 3.95. The van der Waals surface area contributed by atoms with Gasteiger partial charge in [-0.25, -0.2) is 9.37 Å². The molecule has 7 heteroatoms. The minimum atomic E-state index is -3.04. The van der Waals surface area contributed by atoms with E-state index >= 15 is 0 Å². The molecule has 0 unspecified atom stereocenters. The van der Waals surface area contributed by atoms with E-state index in [9.17, 15) is 13.2 Å². The Morgan fingerprint density at radius 1 is 1.57 bits per heavy atom. The maximum atomic E-state index is 12.9. The minimum Gasteiger partial charge on any atom is -0.433 e. The zero-order valence-electron chi connectivity index (χ0n) is 6.80. The second-order valence-corrected chi connectivity index (χ2v) is 2.29. The molecule has 0 aromatic carbocycles. The van der Waals surface area contributed by atoms with Gasteiger partial charge < -0.3 is 10.5 Å². The van der Waals surface area contributed by atoms with Crippen molar-refractivity contribution in [1.82, 2.24) is 4.98 Å². The van der Waals surface area contributed by atoms with Crippen LogP contribution in [0.5, 0.6) is 5.75 Å². The third-order valence-electron chi connectivity index (χ3n) is 1.30. The highest BCUT2D eigenvalue weighted by molar-refractivity contribution is 5.93. The first-order chi connectivity index (χ1) is 6.50. The molecule has 0 aliphatic rings. The summed E-state index contributed by atoms with van der Waals surface area (Å²) in [5.74, 6) is -1.97. The van der Waals surface area contributed by atoms with Crippen molar-refractivity contribution in [3.05, 3.63) is 23.8 Å². The van der Waals surface area contributed by atoms with E-state index in [0.717, 1.165) is 6.20 Å². The summed E-state index contributed by atoms with van der Waals surface area (Å²) in [6.07, 6.45) is 0.867. The maximum absolute atomic E-state index is 12.9. The van der Waals surface area contributed by atoms with Gasteiger partial charge in [-0.1, -0.05) is 0 Å². The molecule has 0 saturated heterocycles. The number of alkyl halides is 2. The van der Waals surface area contributed by atoms with E-state index in [4.69, 9.17) is 11.1 Å². The molecule has 0 bridgehead atoms. The third kappa shape index (κ3) is 2.35. The summed E-state index contributed by atoms with van der Waals surface area (Å²) in [5.41, 5.74) is 4.56. The van der Waals surface area contributed by atoms with Crippen LogP contribution in [0.25, 0.3) is 0 Å². The lowest BCUT2D eigenvalue weighted by Gasteiger charge is -2.05. The normalized spacial score (nSPS) is 10.3. The van der Waals surface area contributed by atoms with E-state index in [1.165, 1.54) is 0 Å². The predicted molar refractivity (Wildman–Crippen MR) is 41.8 cm³/mol. The summed E-state index contributed by atoms with van der Waals surface area (Å²) < 4.78 is 40.2. The Morgan fingerprint density at radius 2 is 2.21 bits per heavy atom. The average molecular weight is 205 g/mol. The van der Waals surface area contributed by atoms with Gasteiger partial charge in [0.1, 0.15) is 17.3 Å². The molecule has 1 aromatic heterocycles. The number of amidine groups is 1. The van der Waals surface area contributed by atoms with Gasteiger partial charge in [0.2, 0.25) is 0 Å². The van der Waals surface area contributed by atoms with Crippen molar-refractivity contribution in [3.8, 4) is 5.75 Å². The summed E-state index contributed by atoms with van der Waals surface area (Å²) in [4.78, 5) is 3.35. The van der Waals surface area contributed by atoms with Crippen molar-refractivity contribution in [2.45, 2.75) is 6.61 Å². The lowest BCUT2D eigenvalue weighted by Crippen LogP contribution is -2.15. The van der Waals surface area contributed by atoms with Crippen LogP contribution in [0.3, 0.4) is 0 Å². The van der Waals surface area contributed by atoms with Gasteiger partial charge in [-0.2, -0.15) is 8.78 Å². The molecule has 0 radical (unpaired) electrons. The van der Waals surface area contributed by atoms with Gasteiger partial charge in [0, 0.05) is 6.07 Å². The summed E-state index contributed by atoms with van der Waals surface area (Å²) in [6, 6.07) is 0.690. The van der Waals surface area contributed by atoms with E-state index in [1.807, 2.05) is 0 Å². The minimum absolute atomic E-state index is 0.397. The van der Waals surface area contributed by atoms with Gasteiger partial charge in [-0.3, -0.25) is 5.41 Å². The Labute approximate surface area is 77.0 Å². The number of hydrogen-bond acceptors (Lipinski definition) is 3. The number of nitrogens with one attached hydrogen (secondary N) is 1. The average Bonchev–Trinajstić information content (AvgIpc) is 2.01. The Kier molecular flexibility index (Phi) is 2.90. The van der Waals surface area contributed by atoms with Crippen molar-refractivity contribution < 1.29 is 17.9 Å². The van der Waals surface area contributed by atoms with E-state index in [0.29, 0.717) is 6.07 Å². The Balaban J connectivity index is 2.94. The van der Waals surface area contributed by atoms with E-state index in [1.54, 1.807) is 0 Å². The van der Waals surface area contributed by atoms with Gasteiger partial charge in [-0.15, -0.1) is 0 Å². The van der Waals surface area contributed by atoms with Crippen molar-refractivity contribution >= 4 is 5.84 Å². The number of rotatable bonds is 3. The molecule has 14 heavy (non-hydrogen) atoms.